The van der Waals surface area contributed by atoms with Crippen molar-refractivity contribution in [1.82, 2.24) is 0 Å². The Balaban J connectivity index is 2.01. The summed E-state index contributed by atoms with van der Waals surface area (Å²) in [5.41, 5.74) is 0.707. The lowest BCUT2D eigenvalue weighted by Gasteiger charge is -2.11. The van der Waals surface area contributed by atoms with Gasteiger partial charge in [0.05, 0.1) is 18.1 Å². The molecule has 2 N–H and O–H groups in total. The van der Waals surface area contributed by atoms with Crippen molar-refractivity contribution in [2.45, 2.75) is 12.5 Å². The number of benzene rings is 2. The largest absolute Gasteiger partial charge is 0.388 e. The third-order valence-corrected chi connectivity index (χ3v) is 3.26. The van der Waals surface area contributed by atoms with Crippen molar-refractivity contribution in [2.24, 2.45) is 0 Å². The lowest BCUT2D eigenvalue weighted by atomic mass is 10.1. The standard InChI is InChI=1S/C16H12ClFN2O2/c17-12-3-1-10(2-4-12)15(21)8-16(22)20-13-5-6-14(18)11(7-13)9-19/h1-7,15,21H,8H2,(H,20,22). The number of halogens is 2. The molecule has 1 amide bonds. The van der Waals surface area contributed by atoms with Crippen LogP contribution in [0.25, 0.3) is 0 Å². The smallest absolute Gasteiger partial charge is 0.227 e. The zero-order chi connectivity index (χ0) is 16.1. The van der Waals surface area contributed by atoms with Crippen molar-refractivity contribution in [1.29, 1.82) is 5.26 Å². The highest BCUT2D eigenvalue weighted by Crippen LogP contribution is 2.20. The lowest BCUT2D eigenvalue weighted by Crippen LogP contribution is -2.15. The number of aliphatic hydroxyl groups is 1. The maximum absolute atomic E-state index is 13.2. The van der Waals surface area contributed by atoms with Crippen molar-refractivity contribution in [2.75, 3.05) is 5.32 Å². The van der Waals surface area contributed by atoms with Crippen LogP contribution in [0.3, 0.4) is 0 Å². The van der Waals surface area contributed by atoms with Crippen LogP contribution in [0, 0.1) is 17.1 Å². The van der Waals surface area contributed by atoms with Crippen molar-refractivity contribution in [3.05, 3.63) is 64.4 Å². The summed E-state index contributed by atoms with van der Waals surface area (Å²) < 4.78 is 13.2. The molecule has 0 saturated carbocycles. The molecule has 2 rings (SSSR count). The average Bonchev–Trinajstić information content (AvgIpc) is 2.49. The number of amides is 1. The summed E-state index contributed by atoms with van der Waals surface area (Å²) in [5, 5.41) is 21.8. The summed E-state index contributed by atoms with van der Waals surface area (Å²) >= 11 is 5.75. The van der Waals surface area contributed by atoms with Gasteiger partial charge in [0.25, 0.3) is 0 Å². The van der Waals surface area contributed by atoms with E-state index in [0.717, 1.165) is 6.07 Å². The van der Waals surface area contributed by atoms with Gasteiger partial charge in [0, 0.05) is 10.7 Å². The van der Waals surface area contributed by atoms with Gasteiger partial charge in [-0.1, -0.05) is 23.7 Å². The predicted octanol–water partition coefficient (Wildman–Crippen LogP) is 3.41. The number of carbonyl (C=O) groups is 1. The fourth-order valence-electron chi connectivity index (χ4n) is 1.88. The van der Waals surface area contributed by atoms with E-state index >= 15 is 0 Å². The maximum atomic E-state index is 13.2. The molecule has 1 unspecified atom stereocenters. The third kappa shape index (κ3) is 4.04. The van der Waals surface area contributed by atoms with Crippen LogP contribution in [-0.4, -0.2) is 11.0 Å². The van der Waals surface area contributed by atoms with Crippen LogP contribution in [0.4, 0.5) is 10.1 Å². The highest BCUT2D eigenvalue weighted by Gasteiger charge is 2.14. The van der Waals surface area contributed by atoms with Gasteiger partial charge < -0.3 is 10.4 Å². The molecule has 2 aromatic rings. The van der Waals surface area contributed by atoms with Gasteiger partial charge in [0.15, 0.2) is 0 Å². The molecule has 0 radical (unpaired) electrons. The average molecular weight is 319 g/mol. The fourth-order valence-corrected chi connectivity index (χ4v) is 2.01. The molecule has 1 atom stereocenters. The third-order valence-electron chi connectivity index (χ3n) is 3.00. The first-order chi connectivity index (χ1) is 10.5. The Morgan fingerprint density at radius 3 is 2.64 bits per heavy atom. The highest BCUT2D eigenvalue weighted by molar-refractivity contribution is 6.30. The van der Waals surface area contributed by atoms with Gasteiger partial charge in [-0.2, -0.15) is 5.26 Å². The fraction of sp³-hybridized carbons (Fsp3) is 0.125. The summed E-state index contributed by atoms with van der Waals surface area (Å²) in [4.78, 5) is 11.9. The number of carbonyl (C=O) groups excluding carboxylic acids is 1. The van der Waals surface area contributed by atoms with Crippen LogP contribution in [-0.2, 0) is 4.79 Å². The lowest BCUT2D eigenvalue weighted by molar-refractivity contribution is -0.118. The molecular formula is C16H12ClFN2O2. The van der Waals surface area contributed by atoms with E-state index in [2.05, 4.69) is 5.32 Å². The normalized spacial score (nSPS) is 11.5. The summed E-state index contributed by atoms with van der Waals surface area (Å²) in [6, 6.07) is 11.9. The summed E-state index contributed by atoms with van der Waals surface area (Å²) in [6.45, 7) is 0. The molecule has 0 bridgehead atoms. The van der Waals surface area contributed by atoms with E-state index in [4.69, 9.17) is 16.9 Å². The quantitative estimate of drug-likeness (QED) is 0.907. The molecule has 0 aliphatic carbocycles. The van der Waals surface area contributed by atoms with E-state index in [0.29, 0.717) is 16.3 Å². The van der Waals surface area contributed by atoms with Gasteiger partial charge >= 0.3 is 0 Å². The first-order valence-corrected chi connectivity index (χ1v) is 6.80. The Labute approximate surface area is 131 Å². The molecule has 4 nitrogen and oxygen atoms in total. The van der Waals surface area contributed by atoms with Crippen LogP contribution in [0.15, 0.2) is 42.5 Å². The molecule has 0 aromatic heterocycles. The Morgan fingerprint density at radius 1 is 1.32 bits per heavy atom. The number of nitrogens with zero attached hydrogens (tertiary/aromatic N) is 1. The van der Waals surface area contributed by atoms with E-state index in [1.807, 2.05) is 0 Å². The minimum absolute atomic E-state index is 0.156. The second-order valence-electron chi connectivity index (χ2n) is 4.63. The van der Waals surface area contributed by atoms with Crippen molar-refractivity contribution in [3.8, 4) is 6.07 Å². The van der Waals surface area contributed by atoms with Gasteiger partial charge in [-0.15, -0.1) is 0 Å². The van der Waals surface area contributed by atoms with Crippen molar-refractivity contribution >= 4 is 23.2 Å². The molecule has 0 saturated heterocycles. The molecule has 0 spiro atoms. The second kappa shape index (κ2) is 7.03. The maximum Gasteiger partial charge on any atom is 0.227 e. The molecule has 0 aliphatic rings. The van der Waals surface area contributed by atoms with E-state index < -0.39 is 17.8 Å². The van der Waals surface area contributed by atoms with Crippen molar-refractivity contribution < 1.29 is 14.3 Å². The first-order valence-electron chi connectivity index (χ1n) is 6.42. The van der Waals surface area contributed by atoms with Crippen LogP contribution in [0.2, 0.25) is 5.02 Å². The number of nitrogens with one attached hydrogen (secondary N) is 1. The number of hydrogen-bond acceptors (Lipinski definition) is 3. The minimum Gasteiger partial charge on any atom is -0.388 e. The number of rotatable bonds is 4. The zero-order valence-corrected chi connectivity index (χ0v) is 12.1. The van der Waals surface area contributed by atoms with Gasteiger partial charge in [0.2, 0.25) is 5.91 Å². The SMILES string of the molecule is N#Cc1cc(NC(=O)CC(O)c2ccc(Cl)cc2)ccc1F. The Kier molecular flexibility index (Phi) is 5.10. The minimum atomic E-state index is -0.979. The van der Waals surface area contributed by atoms with Crippen LogP contribution in [0.1, 0.15) is 23.7 Å². The van der Waals surface area contributed by atoms with Gasteiger partial charge in [-0.25, -0.2) is 4.39 Å². The van der Waals surface area contributed by atoms with E-state index in [1.165, 1.54) is 12.1 Å². The van der Waals surface area contributed by atoms with Crippen LogP contribution in [0.5, 0.6) is 0 Å². The topological polar surface area (TPSA) is 73.1 Å². The highest BCUT2D eigenvalue weighted by atomic mass is 35.5. The molecular weight excluding hydrogens is 307 g/mol. The number of nitriles is 1. The zero-order valence-electron chi connectivity index (χ0n) is 11.4. The molecule has 0 aliphatic heterocycles. The summed E-state index contributed by atoms with van der Waals surface area (Å²) in [5.74, 6) is -1.10. The molecule has 0 fully saturated rings. The Morgan fingerprint density at radius 2 is 2.00 bits per heavy atom. The number of anilines is 1. The van der Waals surface area contributed by atoms with E-state index in [-0.39, 0.29) is 12.0 Å². The molecule has 6 heteroatoms. The first kappa shape index (κ1) is 16.0. The van der Waals surface area contributed by atoms with Gasteiger partial charge in [-0.05, 0) is 35.9 Å². The number of hydrogen-bond donors (Lipinski definition) is 2. The van der Waals surface area contributed by atoms with E-state index in [9.17, 15) is 14.3 Å². The Bertz CT molecular complexity index is 726. The molecule has 22 heavy (non-hydrogen) atoms. The summed E-state index contributed by atoms with van der Waals surface area (Å²) in [7, 11) is 0. The second-order valence-corrected chi connectivity index (χ2v) is 5.06. The Hall–Kier alpha value is -2.42. The van der Waals surface area contributed by atoms with Gasteiger partial charge in [0.1, 0.15) is 11.9 Å². The number of aliphatic hydroxyl groups excluding tert-OH is 1. The monoisotopic (exact) mass is 318 g/mol. The predicted molar refractivity (Wildman–Crippen MR) is 80.8 cm³/mol. The molecule has 0 heterocycles. The van der Waals surface area contributed by atoms with Gasteiger partial charge in [-0.3, -0.25) is 4.79 Å². The van der Waals surface area contributed by atoms with Crippen LogP contribution < -0.4 is 5.32 Å². The molecule has 112 valence electrons. The van der Waals surface area contributed by atoms with E-state index in [1.54, 1.807) is 30.3 Å². The van der Waals surface area contributed by atoms with Crippen molar-refractivity contribution in [3.63, 3.8) is 0 Å². The molecule has 2 aromatic carbocycles. The van der Waals surface area contributed by atoms with Crippen LogP contribution >= 0.6 is 11.6 Å². The summed E-state index contributed by atoms with van der Waals surface area (Å²) in [6.07, 6.45) is -1.14.